The Balaban J connectivity index is 2.24. The number of hydrogen-bond donors (Lipinski definition) is 1. The van der Waals surface area contributed by atoms with E-state index in [4.69, 9.17) is 9.47 Å². The Kier molecular flexibility index (Phi) is 5.01. The fourth-order valence-electron chi connectivity index (χ4n) is 2.13. The van der Waals surface area contributed by atoms with Crippen LogP contribution in [0.2, 0.25) is 0 Å². The smallest absolute Gasteiger partial charge is 0.452 e. The van der Waals surface area contributed by atoms with Crippen molar-refractivity contribution in [1.82, 2.24) is 10.3 Å². The summed E-state index contributed by atoms with van der Waals surface area (Å²) in [6.07, 6.45) is -4.81. The van der Waals surface area contributed by atoms with E-state index in [2.05, 4.69) is 14.7 Å². The van der Waals surface area contributed by atoms with Crippen molar-refractivity contribution in [2.45, 2.75) is 19.6 Å². The van der Waals surface area contributed by atoms with E-state index in [0.29, 0.717) is 17.1 Å². The maximum absolute atomic E-state index is 12.9. The van der Waals surface area contributed by atoms with E-state index in [-0.39, 0.29) is 12.4 Å². The van der Waals surface area contributed by atoms with Gasteiger partial charge in [-0.15, -0.1) is 0 Å². The number of rotatable bonds is 5. The van der Waals surface area contributed by atoms with Crippen molar-refractivity contribution < 1.29 is 31.9 Å². The number of oxazole rings is 1. The lowest BCUT2D eigenvalue weighted by Crippen LogP contribution is -2.26. The predicted molar refractivity (Wildman–Crippen MR) is 77.0 cm³/mol. The highest BCUT2D eigenvalue weighted by atomic mass is 19.4. The third kappa shape index (κ3) is 3.61. The number of hydrogen-bond acceptors (Lipinski definition) is 5. The monoisotopic (exact) mass is 344 g/mol. The first-order valence-corrected chi connectivity index (χ1v) is 6.80. The van der Waals surface area contributed by atoms with E-state index in [1.165, 1.54) is 21.1 Å². The molecule has 130 valence electrons. The second-order valence-corrected chi connectivity index (χ2v) is 4.73. The fourth-order valence-corrected chi connectivity index (χ4v) is 2.13. The number of carbonyl (C=O) groups is 1. The molecule has 1 aromatic heterocycles. The number of aryl methyl sites for hydroxylation is 1. The van der Waals surface area contributed by atoms with Crippen LogP contribution in [0, 0.1) is 6.92 Å². The Morgan fingerprint density at radius 2 is 1.83 bits per heavy atom. The molecule has 1 N–H and O–H groups in total. The Morgan fingerprint density at radius 1 is 1.25 bits per heavy atom. The van der Waals surface area contributed by atoms with Gasteiger partial charge in [-0.2, -0.15) is 13.2 Å². The van der Waals surface area contributed by atoms with Crippen LogP contribution in [0.3, 0.4) is 0 Å². The summed E-state index contributed by atoms with van der Waals surface area (Å²) in [4.78, 5) is 15.6. The van der Waals surface area contributed by atoms with Gasteiger partial charge in [-0.3, -0.25) is 4.79 Å². The van der Waals surface area contributed by atoms with Crippen LogP contribution in [0.5, 0.6) is 11.5 Å². The maximum atomic E-state index is 12.9. The average molecular weight is 344 g/mol. The summed E-state index contributed by atoms with van der Waals surface area (Å²) < 4.78 is 53.4. The zero-order valence-electron chi connectivity index (χ0n) is 13.2. The number of nitrogens with one attached hydrogen (secondary N) is 1. The summed E-state index contributed by atoms with van der Waals surface area (Å²) >= 11 is 0. The molecule has 1 aromatic carbocycles. The molecule has 0 radical (unpaired) electrons. The van der Waals surface area contributed by atoms with Gasteiger partial charge in [0.15, 0.2) is 11.6 Å². The first-order valence-electron chi connectivity index (χ1n) is 6.80. The highest BCUT2D eigenvalue weighted by Gasteiger charge is 2.41. The Morgan fingerprint density at radius 3 is 2.33 bits per heavy atom. The number of nitrogens with zero attached hydrogens (tertiary/aromatic N) is 1. The van der Waals surface area contributed by atoms with Crippen LogP contribution in [0.15, 0.2) is 22.6 Å². The number of benzene rings is 1. The van der Waals surface area contributed by atoms with E-state index in [0.717, 1.165) is 0 Å². The van der Waals surface area contributed by atoms with Gasteiger partial charge in [0.1, 0.15) is 11.5 Å². The molecule has 1 heterocycles. The van der Waals surface area contributed by atoms with E-state index < -0.39 is 23.5 Å². The number of aromatic nitrogens is 1. The minimum absolute atomic E-state index is 0.102. The number of methoxy groups -OCH3 is 2. The second kappa shape index (κ2) is 6.81. The zero-order valence-corrected chi connectivity index (χ0v) is 13.2. The lowest BCUT2D eigenvalue weighted by molar-refractivity contribution is -0.153. The van der Waals surface area contributed by atoms with E-state index in [1.54, 1.807) is 18.2 Å². The molecule has 1 amide bonds. The van der Waals surface area contributed by atoms with E-state index >= 15 is 0 Å². The third-order valence-corrected chi connectivity index (χ3v) is 3.16. The SMILES string of the molecule is COc1cccc(OC)c1CNC(=O)c1nc(C)oc1C(F)(F)F. The normalized spacial score (nSPS) is 11.2. The molecular formula is C15H15F3N2O4. The van der Waals surface area contributed by atoms with Crippen LogP contribution in [-0.4, -0.2) is 25.1 Å². The highest BCUT2D eigenvalue weighted by Crippen LogP contribution is 2.33. The van der Waals surface area contributed by atoms with Crippen molar-refractivity contribution in [2.24, 2.45) is 0 Å². The largest absolute Gasteiger partial charge is 0.496 e. The molecule has 9 heteroatoms. The topological polar surface area (TPSA) is 73.6 Å². The lowest BCUT2D eigenvalue weighted by Gasteiger charge is -2.13. The van der Waals surface area contributed by atoms with Crippen molar-refractivity contribution >= 4 is 5.91 Å². The van der Waals surface area contributed by atoms with Gasteiger partial charge in [-0.05, 0) is 12.1 Å². The zero-order chi connectivity index (χ0) is 17.9. The molecule has 0 saturated heterocycles. The Bertz CT molecular complexity index is 719. The quantitative estimate of drug-likeness (QED) is 0.903. The standard InChI is InChI=1S/C15H15F3N2O4/c1-8-20-12(13(24-8)15(16,17)18)14(21)19-7-9-10(22-2)5-4-6-11(9)23-3/h4-6H,7H2,1-3H3,(H,19,21). The van der Waals surface area contributed by atoms with Crippen molar-refractivity contribution in [1.29, 1.82) is 0 Å². The number of ether oxygens (including phenoxy) is 2. The Hall–Kier alpha value is -2.71. The van der Waals surface area contributed by atoms with E-state index in [9.17, 15) is 18.0 Å². The van der Waals surface area contributed by atoms with Crippen molar-refractivity contribution in [3.05, 3.63) is 41.1 Å². The molecule has 0 fully saturated rings. The van der Waals surface area contributed by atoms with Crippen LogP contribution in [0.1, 0.15) is 27.7 Å². The molecule has 0 atom stereocenters. The molecule has 0 aliphatic rings. The van der Waals surface area contributed by atoms with Crippen molar-refractivity contribution in [2.75, 3.05) is 14.2 Å². The van der Waals surface area contributed by atoms with Gasteiger partial charge in [0, 0.05) is 6.92 Å². The summed E-state index contributed by atoms with van der Waals surface area (Å²) in [5.74, 6) is -1.82. The molecule has 0 unspecified atom stereocenters. The van der Waals surface area contributed by atoms with Crippen LogP contribution in [0.25, 0.3) is 0 Å². The molecule has 0 spiro atoms. The van der Waals surface area contributed by atoms with Crippen LogP contribution >= 0.6 is 0 Å². The summed E-state index contributed by atoms with van der Waals surface area (Å²) in [7, 11) is 2.87. The van der Waals surface area contributed by atoms with Gasteiger partial charge in [0.25, 0.3) is 5.91 Å². The molecular weight excluding hydrogens is 329 g/mol. The molecule has 0 aliphatic carbocycles. The van der Waals surface area contributed by atoms with E-state index in [1.807, 2.05) is 0 Å². The van der Waals surface area contributed by atoms with Gasteiger partial charge in [-0.1, -0.05) is 6.07 Å². The fraction of sp³-hybridized carbons (Fsp3) is 0.333. The summed E-state index contributed by atoms with van der Waals surface area (Å²) in [5.41, 5.74) is -0.321. The number of alkyl halides is 3. The second-order valence-electron chi connectivity index (χ2n) is 4.73. The summed E-state index contributed by atoms with van der Waals surface area (Å²) in [6, 6.07) is 4.97. The molecule has 0 saturated carbocycles. The summed E-state index contributed by atoms with van der Waals surface area (Å²) in [6.45, 7) is 1.13. The molecule has 2 aromatic rings. The molecule has 0 aliphatic heterocycles. The molecule has 6 nitrogen and oxygen atoms in total. The Labute approximate surface area is 135 Å². The van der Waals surface area contributed by atoms with Crippen LogP contribution in [-0.2, 0) is 12.7 Å². The summed E-state index contributed by atoms with van der Waals surface area (Å²) in [5, 5.41) is 2.37. The molecule has 2 rings (SSSR count). The minimum atomic E-state index is -4.81. The molecule has 0 bridgehead atoms. The van der Waals surface area contributed by atoms with Gasteiger partial charge in [0.05, 0.1) is 26.3 Å². The predicted octanol–water partition coefficient (Wildman–Crippen LogP) is 2.95. The number of amides is 1. The number of halogens is 3. The first kappa shape index (κ1) is 17.6. The van der Waals surface area contributed by atoms with Gasteiger partial charge in [-0.25, -0.2) is 4.98 Å². The maximum Gasteiger partial charge on any atom is 0.452 e. The average Bonchev–Trinajstić information content (AvgIpc) is 2.94. The van der Waals surface area contributed by atoms with Crippen molar-refractivity contribution in [3.63, 3.8) is 0 Å². The van der Waals surface area contributed by atoms with Gasteiger partial charge < -0.3 is 19.2 Å². The minimum Gasteiger partial charge on any atom is -0.496 e. The highest BCUT2D eigenvalue weighted by molar-refractivity contribution is 5.93. The molecule has 24 heavy (non-hydrogen) atoms. The number of carbonyl (C=O) groups excluding carboxylic acids is 1. The van der Waals surface area contributed by atoms with Crippen molar-refractivity contribution in [3.8, 4) is 11.5 Å². The van der Waals surface area contributed by atoms with Gasteiger partial charge >= 0.3 is 6.18 Å². The van der Waals surface area contributed by atoms with Crippen LogP contribution < -0.4 is 14.8 Å². The third-order valence-electron chi connectivity index (χ3n) is 3.16. The van der Waals surface area contributed by atoms with Crippen LogP contribution in [0.4, 0.5) is 13.2 Å². The first-order chi connectivity index (χ1) is 11.3. The van der Waals surface area contributed by atoms with Gasteiger partial charge in [0.2, 0.25) is 5.76 Å². The lowest BCUT2D eigenvalue weighted by atomic mass is 10.1.